The first kappa shape index (κ1) is 32.7. The van der Waals surface area contributed by atoms with Crippen LogP contribution < -0.4 is 5.32 Å². The number of benzene rings is 1. The zero-order valence-electron chi connectivity index (χ0n) is 23.3. The number of aliphatic hydroxyl groups excluding tert-OH is 3. The number of rotatable bonds is 11. The molecule has 1 aromatic rings. The minimum absolute atomic E-state index is 0.0328. The SMILES string of the molecule is C=C(O)/C(O)=C(C=O)\C(CN(C)C1C(=O)NC(=O)C(C)(O)C1(O)O)=C(/O)OCc1cccc(CN2CCCCC2)c1F. The quantitative estimate of drug-likeness (QED) is 0.0471. The van der Waals surface area contributed by atoms with Crippen LogP contribution in [-0.2, 0) is 32.3 Å². The lowest BCUT2D eigenvalue weighted by molar-refractivity contribution is -0.287. The van der Waals surface area contributed by atoms with Crippen LogP contribution in [0.3, 0.4) is 0 Å². The molecule has 2 saturated heterocycles. The summed E-state index contributed by atoms with van der Waals surface area (Å²) in [6.45, 7) is 4.64. The average molecular weight is 594 g/mol. The van der Waals surface area contributed by atoms with Gasteiger partial charge < -0.3 is 35.4 Å². The molecule has 3 rings (SSSR count). The number of carbonyl (C=O) groups excluding carboxylic acids is 3. The molecule has 1 aromatic carbocycles. The van der Waals surface area contributed by atoms with Gasteiger partial charge in [-0.15, -0.1) is 0 Å². The molecule has 0 bridgehead atoms. The minimum Gasteiger partial charge on any atom is -0.505 e. The van der Waals surface area contributed by atoms with Gasteiger partial charge in [-0.2, -0.15) is 0 Å². The molecule has 2 aliphatic rings. The van der Waals surface area contributed by atoms with Crippen LogP contribution in [0.5, 0.6) is 0 Å². The number of nitrogens with one attached hydrogen (secondary N) is 1. The largest absolute Gasteiger partial charge is 0.505 e. The number of carbonyl (C=O) groups is 3. The number of likely N-dealkylation sites (N-methyl/N-ethyl adjacent to an activating group) is 1. The van der Waals surface area contributed by atoms with Crippen LogP contribution in [0, 0.1) is 5.82 Å². The van der Waals surface area contributed by atoms with E-state index in [4.69, 9.17) is 4.74 Å². The summed E-state index contributed by atoms with van der Waals surface area (Å²) in [7, 11) is 1.11. The second-order valence-corrected chi connectivity index (χ2v) is 10.6. The highest BCUT2D eigenvalue weighted by atomic mass is 19.1. The molecule has 230 valence electrons. The Labute approximate surface area is 241 Å². The summed E-state index contributed by atoms with van der Waals surface area (Å²) in [4.78, 5) is 39.5. The Morgan fingerprint density at radius 1 is 1.17 bits per heavy atom. The van der Waals surface area contributed by atoms with Gasteiger partial charge in [-0.25, -0.2) is 4.39 Å². The van der Waals surface area contributed by atoms with Crippen molar-refractivity contribution in [2.24, 2.45) is 0 Å². The molecule has 0 aromatic heterocycles. The summed E-state index contributed by atoms with van der Waals surface area (Å²) in [5.41, 5.74) is -3.72. The Hall–Kier alpha value is -3.82. The Kier molecular flexibility index (Phi) is 10.1. The lowest BCUT2D eigenvalue weighted by Crippen LogP contribution is -2.77. The van der Waals surface area contributed by atoms with E-state index >= 15 is 4.39 Å². The number of ether oxygens (including phenoxy) is 1. The van der Waals surface area contributed by atoms with Crippen molar-refractivity contribution in [3.63, 3.8) is 0 Å². The third-order valence-corrected chi connectivity index (χ3v) is 7.47. The number of nitrogens with zero attached hydrogens (tertiary/aromatic N) is 2. The number of aldehydes is 1. The van der Waals surface area contributed by atoms with Gasteiger partial charge in [0.2, 0.25) is 11.7 Å². The van der Waals surface area contributed by atoms with Crippen molar-refractivity contribution in [3.8, 4) is 0 Å². The molecule has 13 nitrogen and oxygen atoms in total. The third-order valence-electron chi connectivity index (χ3n) is 7.47. The summed E-state index contributed by atoms with van der Waals surface area (Å²) < 4.78 is 20.7. The molecule has 2 fully saturated rings. The molecular formula is C28H36FN3O10. The number of hydrogen-bond acceptors (Lipinski definition) is 12. The third kappa shape index (κ3) is 6.63. The van der Waals surface area contributed by atoms with E-state index in [1.165, 1.54) is 6.07 Å². The van der Waals surface area contributed by atoms with E-state index in [2.05, 4.69) is 11.5 Å². The summed E-state index contributed by atoms with van der Waals surface area (Å²) in [6.07, 6.45) is 3.19. The second kappa shape index (κ2) is 13.0. The van der Waals surface area contributed by atoms with Gasteiger partial charge >= 0.3 is 0 Å². The average Bonchev–Trinajstić information content (AvgIpc) is 2.92. The van der Waals surface area contributed by atoms with Crippen molar-refractivity contribution in [1.82, 2.24) is 15.1 Å². The van der Waals surface area contributed by atoms with Gasteiger partial charge in [-0.05, 0) is 39.9 Å². The second-order valence-electron chi connectivity index (χ2n) is 10.6. The Morgan fingerprint density at radius 2 is 1.79 bits per heavy atom. The van der Waals surface area contributed by atoms with Crippen LogP contribution in [0.15, 0.2) is 53.4 Å². The van der Waals surface area contributed by atoms with Crippen molar-refractivity contribution < 1.29 is 54.2 Å². The fourth-order valence-corrected chi connectivity index (χ4v) is 4.92. The molecule has 2 amide bonds. The van der Waals surface area contributed by atoms with Gasteiger partial charge in [0.25, 0.3) is 11.9 Å². The standard InChI is InChI=1S/C28H36FN3O10/c1-16(34)22(35)20(14-33)19(13-31(3)23-24(36)30-26(38)27(2,39)28(23,40)41)25(37)42-15-18-9-7-8-17(21(18)29)12-32-10-5-4-6-11-32/h7-9,14,23,34-35,37,39-41H,1,4-6,10-13,15H2,2-3H3,(H,30,36,38)/b22-20+,25-19+. The van der Waals surface area contributed by atoms with Crippen molar-refractivity contribution in [2.45, 2.75) is 56.8 Å². The van der Waals surface area contributed by atoms with E-state index in [1.54, 1.807) is 17.4 Å². The maximum Gasteiger partial charge on any atom is 0.282 e. The van der Waals surface area contributed by atoms with Crippen molar-refractivity contribution in [2.75, 3.05) is 26.7 Å². The van der Waals surface area contributed by atoms with Crippen LogP contribution in [0.25, 0.3) is 0 Å². The zero-order valence-corrected chi connectivity index (χ0v) is 23.3. The Balaban J connectivity index is 1.94. The molecule has 2 unspecified atom stereocenters. The van der Waals surface area contributed by atoms with Crippen molar-refractivity contribution >= 4 is 18.1 Å². The zero-order chi connectivity index (χ0) is 31.4. The monoisotopic (exact) mass is 593 g/mol. The van der Waals surface area contributed by atoms with Gasteiger partial charge in [-0.3, -0.25) is 29.5 Å². The van der Waals surface area contributed by atoms with Crippen molar-refractivity contribution in [1.29, 1.82) is 0 Å². The maximum absolute atomic E-state index is 15.3. The number of aliphatic hydroxyl groups is 6. The van der Waals surface area contributed by atoms with E-state index in [0.717, 1.165) is 51.2 Å². The normalized spacial score (nSPS) is 24.0. The molecule has 2 heterocycles. The highest BCUT2D eigenvalue weighted by Gasteiger charge is 2.63. The summed E-state index contributed by atoms with van der Waals surface area (Å²) in [6, 6.07) is 2.62. The first-order valence-corrected chi connectivity index (χ1v) is 13.2. The number of likely N-dealkylation sites (tertiary alicyclic amines) is 1. The molecule has 0 spiro atoms. The van der Waals surface area contributed by atoms with E-state index < -0.39 is 76.8 Å². The van der Waals surface area contributed by atoms with E-state index in [1.807, 2.05) is 0 Å². The summed E-state index contributed by atoms with van der Waals surface area (Å²) in [5, 5.41) is 64.2. The first-order valence-electron chi connectivity index (χ1n) is 13.2. The number of imide groups is 1. The van der Waals surface area contributed by atoms with Gasteiger partial charge in [0.15, 0.2) is 23.4 Å². The van der Waals surface area contributed by atoms with E-state index in [9.17, 15) is 45.0 Å². The smallest absolute Gasteiger partial charge is 0.282 e. The minimum atomic E-state index is -3.35. The van der Waals surface area contributed by atoms with Gasteiger partial charge in [0, 0.05) is 24.2 Å². The lowest BCUT2D eigenvalue weighted by Gasteiger charge is -2.46. The molecule has 42 heavy (non-hydrogen) atoms. The molecule has 0 radical (unpaired) electrons. The molecule has 14 heteroatoms. The highest BCUT2D eigenvalue weighted by Crippen LogP contribution is 2.32. The van der Waals surface area contributed by atoms with Crippen LogP contribution in [-0.4, -0.2) is 103 Å². The Morgan fingerprint density at radius 3 is 2.38 bits per heavy atom. The molecule has 2 aliphatic heterocycles. The fourth-order valence-electron chi connectivity index (χ4n) is 4.92. The molecular weight excluding hydrogens is 557 g/mol. The van der Waals surface area contributed by atoms with Crippen LogP contribution in [0.2, 0.25) is 0 Å². The van der Waals surface area contributed by atoms with Crippen LogP contribution >= 0.6 is 0 Å². The van der Waals surface area contributed by atoms with Gasteiger partial charge in [0.1, 0.15) is 18.5 Å². The number of piperidine rings is 2. The maximum atomic E-state index is 15.3. The van der Waals surface area contributed by atoms with Crippen molar-refractivity contribution in [3.05, 3.63) is 70.3 Å². The highest BCUT2D eigenvalue weighted by molar-refractivity contribution is 6.05. The lowest BCUT2D eigenvalue weighted by atomic mass is 9.83. The number of halogens is 1. The number of hydrogen-bond donors (Lipinski definition) is 7. The predicted molar refractivity (Wildman–Crippen MR) is 145 cm³/mol. The topological polar surface area (TPSA) is 200 Å². The fraction of sp³-hybridized carbons (Fsp3) is 0.464. The van der Waals surface area contributed by atoms with Crippen LogP contribution in [0.1, 0.15) is 37.3 Å². The Bertz CT molecular complexity index is 1300. The van der Waals surface area contributed by atoms with Crippen LogP contribution in [0.4, 0.5) is 4.39 Å². The molecule has 7 N–H and O–H groups in total. The molecule has 0 saturated carbocycles. The van der Waals surface area contributed by atoms with E-state index in [0.29, 0.717) is 12.1 Å². The van der Waals surface area contributed by atoms with E-state index in [-0.39, 0.29) is 11.8 Å². The number of amides is 2. The first-order chi connectivity index (χ1) is 19.6. The summed E-state index contributed by atoms with van der Waals surface area (Å²) >= 11 is 0. The predicted octanol–water partition coefficient (Wildman–Crippen LogP) is 0.569. The van der Waals surface area contributed by atoms with Gasteiger partial charge in [0.05, 0.1) is 11.1 Å². The summed E-state index contributed by atoms with van der Waals surface area (Å²) in [5.74, 6) is -9.62. The molecule has 0 aliphatic carbocycles. The molecule has 2 atom stereocenters. The van der Waals surface area contributed by atoms with Gasteiger partial charge in [-0.1, -0.05) is 31.2 Å².